The minimum absolute atomic E-state index is 0.0814. The van der Waals surface area contributed by atoms with Crippen LogP contribution in [0.15, 0.2) is 18.2 Å². The second-order valence-electron chi connectivity index (χ2n) is 4.33. The summed E-state index contributed by atoms with van der Waals surface area (Å²) in [4.78, 5) is 0. The molecule has 0 heterocycles. The molecular weight excluding hydrogens is 245 g/mol. The molecule has 1 aromatic carbocycles. The zero-order valence-corrected chi connectivity index (χ0v) is 11.9. The van der Waals surface area contributed by atoms with Gasteiger partial charge in [0, 0.05) is 18.2 Å². The van der Waals surface area contributed by atoms with Crippen LogP contribution in [0.3, 0.4) is 0 Å². The van der Waals surface area contributed by atoms with Crippen molar-refractivity contribution in [1.82, 2.24) is 5.32 Å². The van der Waals surface area contributed by atoms with E-state index in [1.807, 2.05) is 18.2 Å². The number of halogens is 1. The van der Waals surface area contributed by atoms with Crippen molar-refractivity contribution in [2.24, 2.45) is 0 Å². The van der Waals surface area contributed by atoms with Crippen molar-refractivity contribution in [1.29, 1.82) is 0 Å². The molecule has 1 N–H and O–H groups in total. The molecule has 0 aromatic heterocycles. The number of hydrogen-bond donors (Lipinski definition) is 1. The van der Waals surface area contributed by atoms with Crippen molar-refractivity contribution < 1.29 is 13.9 Å². The maximum Gasteiger partial charge on any atom is 0.127 e. The monoisotopic (exact) mass is 269 g/mol. The van der Waals surface area contributed by atoms with E-state index in [0.29, 0.717) is 12.4 Å². The molecule has 0 aliphatic carbocycles. The van der Waals surface area contributed by atoms with Crippen LogP contribution in [-0.4, -0.2) is 26.4 Å². The fourth-order valence-corrected chi connectivity index (χ4v) is 1.67. The van der Waals surface area contributed by atoms with Crippen LogP contribution in [-0.2, 0) is 6.54 Å². The van der Waals surface area contributed by atoms with Crippen molar-refractivity contribution >= 4 is 0 Å². The van der Waals surface area contributed by atoms with Crippen LogP contribution in [0, 0.1) is 0 Å². The summed E-state index contributed by atoms with van der Waals surface area (Å²) < 4.78 is 23.3. The summed E-state index contributed by atoms with van der Waals surface area (Å²) in [5, 5.41) is 3.32. The maximum atomic E-state index is 12.2. The Morgan fingerprint density at radius 1 is 1.11 bits per heavy atom. The Morgan fingerprint density at radius 2 is 1.95 bits per heavy atom. The van der Waals surface area contributed by atoms with Gasteiger partial charge in [-0.2, -0.15) is 0 Å². The Kier molecular flexibility index (Phi) is 7.98. The van der Waals surface area contributed by atoms with Crippen LogP contribution >= 0.6 is 0 Å². The Bertz CT molecular complexity index is 358. The van der Waals surface area contributed by atoms with E-state index < -0.39 is 6.67 Å². The van der Waals surface area contributed by atoms with Gasteiger partial charge in [-0.25, -0.2) is 4.39 Å². The molecule has 0 amide bonds. The minimum atomic E-state index is -0.484. The van der Waals surface area contributed by atoms with Crippen molar-refractivity contribution in [3.05, 3.63) is 23.8 Å². The fraction of sp³-hybridized carbons (Fsp3) is 0.600. The number of nitrogens with one attached hydrogen (secondary N) is 1. The van der Waals surface area contributed by atoms with Crippen LogP contribution in [0.2, 0.25) is 0 Å². The summed E-state index contributed by atoms with van der Waals surface area (Å²) in [7, 11) is 0. The molecule has 1 rings (SSSR count). The Hall–Kier alpha value is -1.29. The van der Waals surface area contributed by atoms with Crippen molar-refractivity contribution in [2.45, 2.75) is 33.2 Å². The molecule has 0 unspecified atom stereocenters. The quantitative estimate of drug-likeness (QED) is 0.661. The van der Waals surface area contributed by atoms with Gasteiger partial charge in [0.15, 0.2) is 0 Å². The van der Waals surface area contributed by atoms with Gasteiger partial charge >= 0.3 is 0 Å². The molecular formula is C15H24FNO2. The third kappa shape index (κ3) is 5.92. The molecule has 19 heavy (non-hydrogen) atoms. The van der Waals surface area contributed by atoms with Gasteiger partial charge in [-0.15, -0.1) is 0 Å². The van der Waals surface area contributed by atoms with E-state index in [4.69, 9.17) is 9.47 Å². The van der Waals surface area contributed by atoms with E-state index in [1.54, 1.807) is 0 Å². The highest BCUT2D eigenvalue weighted by Crippen LogP contribution is 2.25. The standard InChI is InChI=1S/C15H24FNO2/c1-3-8-17-12-13-5-6-14(18-9-4-2)11-15(13)19-10-7-16/h5-6,11,17H,3-4,7-10,12H2,1-2H3. The molecule has 0 spiro atoms. The lowest BCUT2D eigenvalue weighted by Crippen LogP contribution is -2.15. The maximum absolute atomic E-state index is 12.2. The SMILES string of the molecule is CCCNCc1ccc(OCCC)cc1OCCF. The predicted octanol–water partition coefficient (Wildman–Crippen LogP) is 3.32. The summed E-state index contributed by atoms with van der Waals surface area (Å²) in [5.74, 6) is 1.48. The summed E-state index contributed by atoms with van der Waals surface area (Å²) in [5.41, 5.74) is 1.03. The highest BCUT2D eigenvalue weighted by atomic mass is 19.1. The molecule has 1 aromatic rings. The third-order valence-electron chi connectivity index (χ3n) is 2.59. The first kappa shape index (κ1) is 15.8. The average molecular weight is 269 g/mol. The second-order valence-corrected chi connectivity index (χ2v) is 4.33. The number of benzene rings is 1. The number of rotatable bonds is 10. The van der Waals surface area contributed by atoms with Gasteiger partial charge in [0.25, 0.3) is 0 Å². The first-order valence-corrected chi connectivity index (χ1v) is 6.97. The Balaban J connectivity index is 2.70. The van der Waals surface area contributed by atoms with Crippen molar-refractivity contribution in [2.75, 3.05) is 26.4 Å². The molecule has 0 saturated heterocycles. The van der Waals surface area contributed by atoms with E-state index in [0.717, 1.165) is 37.2 Å². The van der Waals surface area contributed by atoms with E-state index in [1.165, 1.54) is 0 Å². The van der Waals surface area contributed by atoms with E-state index >= 15 is 0 Å². The topological polar surface area (TPSA) is 30.5 Å². The predicted molar refractivity (Wildman–Crippen MR) is 75.7 cm³/mol. The Labute approximate surface area is 115 Å². The highest BCUT2D eigenvalue weighted by molar-refractivity contribution is 5.40. The normalized spacial score (nSPS) is 10.5. The van der Waals surface area contributed by atoms with Gasteiger partial charge in [0.2, 0.25) is 0 Å². The molecule has 0 bridgehead atoms. The lowest BCUT2D eigenvalue weighted by atomic mass is 10.2. The van der Waals surface area contributed by atoms with Crippen LogP contribution < -0.4 is 14.8 Å². The number of hydrogen-bond acceptors (Lipinski definition) is 3. The zero-order chi connectivity index (χ0) is 13.9. The summed E-state index contributed by atoms with van der Waals surface area (Å²) >= 11 is 0. The van der Waals surface area contributed by atoms with Gasteiger partial charge in [-0.1, -0.05) is 19.9 Å². The molecule has 108 valence electrons. The summed E-state index contributed by atoms with van der Waals surface area (Å²) in [6, 6.07) is 5.75. The van der Waals surface area contributed by atoms with E-state index in [-0.39, 0.29) is 6.61 Å². The summed E-state index contributed by atoms with van der Waals surface area (Å²) in [6.07, 6.45) is 2.04. The average Bonchev–Trinajstić information content (AvgIpc) is 2.44. The Morgan fingerprint density at radius 3 is 2.63 bits per heavy atom. The molecule has 4 heteroatoms. The number of alkyl halides is 1. The van der Waals surface area contributed by atoms with Crippen LogP contribution in [0.1, 0.15) is 32.3 Å². The minimum Gasteiger partial charge on any atom is -0.493 e. The van der Waals surface area contributed by atoms with Gasteiger partial charge < -0.3 is 14.8 Å². The van der Waals surface area contributed by atoms with E-state index in [9.17, 15) is 4.39 Å². The zero-order valence-electron chi connectivity index (χ0n) is 11.9. The molecule has 3 nitrogen and oxygen atoms in total. The lowest BCUT2D eigenvalue weighted by molar-refractivity contribution is 0.267. The van der Waals surface area contributed by atoms with E-state index in [2.05, 4.69) is 19.2 Å². The third-order valence-corrected chi connectivity index (χ3v) is 2.59. The first-order chi connectivity index (χ1) is 9.31. The number of ether oxygens (including phenoxy) is 2. The van der Waals surface area contributed by atoms with Crippen molar-refractivity contribution in [3.63, 3.8) is 0 Å². The van der Waals surface area contributed by atoms with Crippen LogP contribution in [0.5, 0.6) is 11.5 Å². The first-order valence-electron chi connectivity index (χ1n) is 6.97. The largest absolute Gasteiger partial charge is 0.493 e. The van der Waals surface area contributed by atoms with Gasteiger partial charge in [-0.3, -0.25) is 0 Å². The molecule has 0 radical (unpaired) electrons. The van der Waals surface area contributed by atoms with Gasteiger partial charge in [0.05, 0.1) is 6.61 Å². The van der Waals surface area contributed by atoms with Crippen LogP contribution in [0.25, 0.3) is 0 Å². The second kappa shape index (κ2) is 9.62. The smallest absolute Gasteiger partial charge is 0.127 e. The van der Waals surface area contributed by atoms with Crippen LogP contribution in [0.4, 0.5) is 4.39 Å². The molecule has 0 saturated carbocycles. The highest BCUT2D eigenvalue weighted by Gasteiger charge is 2.06. The molecule has 0 atom stereocenters. The molecule has 0 aliphatic heterocycles. The summed E-state index contributed by atoms with van der Waals surface area (Å²) in [6.45, 7) is 6.13. The lowest BCUT2D eigenvalue weighted by Gasteiger charge is -2.13. The van der Waals surface area contributed by atoms with Gasteiger partial charge in [-0.05, 0) is 25.5 Å². The van der Waals surface area contributed by atoms with Crippen molar-refractivity contribution in [3.8, 4) is 11.5 Å². The van der Waals surface area contributed by atoms with Gasteiger partial charge in [0.1, 0.15) is 24.8 Å². The molecule has 0 fully saturated rings. The fourth-order valence-electron chi connectivity index (χ4n) is 1.67. The molecule has 0 aliphatic rings.